The van der Waals surface area contributed by atoms with Crippen LogP contribution in [0.2, 0.25) is 0 Å². The molecule has 0 spiro atoms. The fourth-order valence-electron chi connectivity index (χ4n) is 4.93. The van der Waals surface area contributed by atoms with Gasteiger partial charge < -0.3 is 9.88 Å². The SMILES string of the molecule is CC1CCCCN1S(=O)(=O)c1cccc(C(=O)Nc2ccc(-c3ncc4n3CCCC4)cc2)c1. The Hall–Kier alpha value is -2.97. The molecule has 2 aliphatic heterocycles. The summed E-state index contributed by atoms with van der Waals surface area (Å²) in [5, 5.41) is 2.89. The van der Waals surface area contributed by atoms with Crippen LogP contribution in [0.1, 0.15) is 55.1 Å². The van der Waals surface area contributed by atoms with Gasteiger partial charge in [0.1, 0.15) is 5.82 Å². The minimum atomic E-state index is -3.63. The molecule has 1 amide bonds. The Bertz CT molecular complexity index is 1300. The normalized spacial score (nSPS) is 18.9. The molecule has 2 aliphatic rings. The van der Waals surface area contributed by atoms with Crippen molar-refractivity contribution in [3.63, 3.8) is 0 Å². The lowest BCUT2D eigenvalue weighted by Crippen LogP contribution is -2.41. The number of aromatic nitrogens is 2. The number of sulfonamides is 1. The molecule has 1 saturated heterocycles. The van der Waals surface area contributed by atoms with E-state index in [0.717, 1.165) is 50.0 Å². The zero-order valence-electron chi connectivity index (χ0n) is 19.4. The number of nitrogens with one attached hydrogen (secondary N) is 1. The van der Waals surface area contributed by atoms with Gasteiger partial charge >= 0.3 is 0 Å². The second kappa shape index (κ2) is 9.35. The fraction of sp³-hybridized carbons (Fsp3) is 0.385. The Morgan fingerprint density at radius 1 is 1.03 bits per heavy atom. The maximum absolute atomic E-state index is 13.2. The van der Waals surface area contributed by atoms with E-state index >= 15 is 0 Å². The van der Waals surface area contributed by atoms with E-state index in [1.54, 1.807) is 22.5 Å². The maximum Gasteiger partial charge on any atom is 0.255 e. The van der Waals surface area contributed by atoms with Gasteiger partial charge in [-0.25, -0.2) is 13.4 Å². The van der Waals surface area contributed by atoms with E-state index in [2.05, 4.69) is 14.9 Å². The first-order valence-electron chi connectivity index (χ1n) is 12.0. The quantitative estimate of drug-likeness (QED) is 0.576. The first-order valence-corrected chi connectivity index (χ1v) is 13.5. The second-order valence-corrected chi connectivity index (χ2v) is 11.1. The van der Waals surface area contributed by atoms with Crippen LogP contribution in [0.4, 0.5) is 5.69 Å². The molecule has 0 bridgehead atoms. The van der Waals surface area contributed by atoms with Crippen LogP contribution in [-0.4, -0.2) is 40.8 Å². The Balaban J connectivity index is 1.32. The number of piperidine rings is 1. The van der Waals surface area contributed by atoms with Crippen molar-refractivity contribution in [2.75, 3.05) is 11.9 Å². The van der Waals surface area contributed by atoms with Crippen LogP contribution in [0.5, 0.6) is 0 Å². The molecule has 1 aromatic heterocycles. The third kappa shape index (κ3) is 4.40. The Labute approximate surface area is 200 Å². The highest BCUT2D eigenvalue weighted by atomic mass is 32.2. The summed E-state index contributed by atoms with van der Waals surface area (Å²) >= 11 is 0. The van der Waals surface area contributed by atoms with Crippen LogP contribution >= 0.6 is 0 Å². The van der Waals surface area contributed by atoms with E-state index in [0.29, 0.717) is 17.8 Å². The molecule has 8 heteroatoms. The van der Waals surface area contributed by atoms with Crippen molar-refractivity contribution in [3.8, 4) is 11.4 Å². The maximum atomic E-state index is 13.2. The summed E-state index contributed by atoms with van der Waals surface area (Å²) in [5.74, 6) is 0.618. The molecule has 34 heavy (non-hydrogen) atoms. The van der Waals surface area contributed by atoms with Crippen molar-refractivity contribution in [3.05, 3.63) is 66.0 Å². The Kier molecular flexibility index (Phi) is 6.27. The number of carbonyl (C=O) groups is 1. The van der Waals surface area contributed by atoms with Gasteiger partial charge in [0, 0.05) is 47.8 Å². The van der Waals surface area contributed by atoms with E-state index in [1.165, 1.54) is 18.2 Å². The van der Waals surface area contributed by atoms with Gasteiger partial charge in [-0.05, 0) is 81.5 Å². The monoisotopic (exact) mass is 478 g/mol. The van der Waals surface area contributed by atoms with E-state index in [1.807, 2.05) is 37.4 Å². The number of carbonyl (C=O) groups excluding carboxylic acids is 1. The van der Waals surface area contributed by atoms with Gasteiger partial charge in [-0.2, -0.15) is 4.31 Å². The van der Waals surface area contributed by atoms with Gasteiger partial charge in [0.25, 0.3) is 5.91 Å². The molecule has 5 rings (SSSR count). The molecule has 1 fully saturated rings. The summed E-state index contributed by atoms with van der Waals surface area (Å²) in [6.07, 6.45) is 8.14. The number of benzene rings is 2. The summed E-state index contributed by atoms with van der Waals surface area (Å²) in [7, 11) is -3.63. The van der Waals surface area contributed by atoms with Crippen LogP contribution in [0.15, 0.2) is 59.6 Å². The molecule has 178 valence electrons. The number of hydrogen-bond donors (Lipinski definition) is 1. The highest BCUT2D eigenvalue weighted by molar-refractivity contribution is 7.89. The summed E-state index contributed by atoms with van der Waals surface area (Å²) in [4.78, 5) is 17.7. The van der Waals surface area contributed by atoms with Crippen molar-refractivity contribution >= 4 is 21.6 Å². The van der Waals surface area contributed by atoms with Gasteiger partial charge in [0.05, 0.1) is 4.90 Å². The van der Waals surface area contributed by atoms with Crippen LogP contribution < -0.4 is 5.32 Å². The smallest absolute Gasteiger partial charge is 0.255 e. The minimum absolute atomic E-state index is 0.0320. The molecule has 1 unspecified atom stereocenters. The summed E-state index contributed by atoms with van der Waals surface area (Å²) in [5.41, 5.74) is 3.25. The van der Waals surface area contributed by atoms with Crippen LogP contribution in [0, 0.1) is 0 Å². The number of fused-ring (bicyclic) bond motifs is 1. The molecule has 0 aliphatic carbocycles. The molecule has 2 aromatic carbocycles. The van der Waals surface area contributed by atoms with Crippen molar-refractivity contribution in [1.29, 1.82) is 0 Å². The number of hydrogen-bond acceptors (Lipinski definition) is 4. The first kappa shape index (κ1) is 22.8. The number of amides is 1. The van der Waals surface area contributed by atoms with Crippen LogP contribution in [0.3, 0.4) is 0 Å². The lowest BCUT2D eigenvalue weighted by molar-refractivity contribution is 0.102. The van der Waals surface area contributed by atoms with Crippen molar-refractivity contribution < 1.29 is 13.2 Å². The van der Waals surface area contributed by atoms with Crippen molar-refractivity contribution in [2.24, 2.45) is 0 Å². The van der Waals surface area contributed by atoms with E-state index in [9.17, 15) is 13.2 Å². The average Bonchev–Trinajstić information content (AvgIpc) is 3.29. The minimum Gasteiger partial charge on any atom is -0.328 e. The molecule has 0 saturated carbocycles. The predicted octanol–water partition coefficient (Wildman–Crippen LogP) is 4.70. The van der Waals surface area contributed by atoms with Crippen LogP contribution in [-0.2, 0) is 23.0 Å². The second-order valence-electron chi connectivity index (χ2n) is 9.20. The molecule has 3 aromatic rings. The fourth-order valence-corrected chi connectivity index (χ4v) is 6.68. The number of imidazole rings is 1. The zero-order valence-corrected chi connectivity index (χ0v) is 20.2. The standard InChI is InChI=1S/C26H30N4O3S/c1-19-7-2-5-16-30(19)34(32,33)24-10-6-8-21(17-24)26(31)28-22-13-11-20(12-14-22)25-27-18-23-9-3-4-15-29(23)25/h6,8,10-14,17-19H,2-5,7,9,15-16H2,1H3,(H,28,31). The van der Waals surface area contributed by atoms with E-state index in [4.69, 9.17) is 0 Å². The zero-order chi connectivity index (χ0) is 23.7. The number of nitrogens with zero attached hydrogens (tertiary/aromatic N) is 3. The summed E-state index contributed by atoms with van der Waals surface area (Å²) < 4.78 is 30.2. The van der Waals surface area contributed by atoms with Gasteiger partial charge in [0.15, 0.2) is 0 Å². The highest BCUT2D eigenvalue weighted by Crippen LogP contribution is 2.27. The molecule has 0 radical (unpaired) electrons. The molecular formula is C26H30N4O3S. The van der Waals surface area contributed by atoms with E-state index in [-0.39, 0.29) is 16.8 Å². The summed E-state index contributed by atoms with van der Waals surface area (Å²) in [6.45, 7) is 3.45. The molecule has 1 N–H and O–H groups in total. The number of aryl methyl sites for hydroxylation is 1. The lowest BCUT2D eigenvalue weighted by Gasteiger charge is -2.32. The number of anilines is 1. The van der Waals surface area contributed by atoms with Crippen LogP contribution in [0.25, 0.3) is 11.4 Å². The Morgan fingerprint density at radius 3 is 2.62 bits per heavy atom. The van der Waals surface area contributed by atoms with E-state index < -0.39 is 10.0 Å². The average molecular weight is 479 g/mol. The largest absolute Gasteiger partial charge is 0.328 e. The topological polar surface area (TPSA) is 84.3 Å². The molecular weight excluding hydrogens is 448 g/mol. The van der Waals surface area contributed by atoms with Gasteiger partial charge in [-0.3, -0.25) is 4.79 Å². The third-order valence-electron chi connectivity index (χ3n) is 6.85. The van der Waals surface area contributed by atoms with Crippen molar-refractivity contribution in [2.45, 2.75) is 62.9 Å². The molecule has 3 heterocycles. The van der Waals surface area contributed by atoms with Gasteiger partial charge in [0.2, 0.25) is 10.0 Å². The predicted molar refractivity (Wildman–Crippen MR) is 132 cm³/mol. The highest BCUT2D eigenvalue weighted by Gasteiger charge is 2.31. The lowest BCUT2D eigenvalue weighted by atomic mass is 10.1. The molecule has 7 nitrogen and oxygen atoms in total. The van der Waals surface area contributed by atoms with Crippen molar-refractivity contribution in [1.82, 2.24) is 13.9 Å². The third-order valence-corrected chi connectivity index (χ3v) is 8.86. The van der Waals surface area contributed by atoms with Gasteiger partial charge in [-0.1, -0.05) is 12.5 Å². The Morgan fingerprint density at radius 2 is 1.82 bits per heavy atom. The first-order chi connectivity index (χ1) is 16.4. The number of rotatable bonds is 5. The van der Waals surface area contributed by atoms with Gasteiger partial charge in [-0.15, -0.1) is 0 Å². The summed E-state index contributed by atoms with van der Waals surface area (Å²) in [6, 6.07) is 13.9. The molecule has 1 atom stereocenters.